The van der Waals surface area contributed by atoms with Gasteiger partial charge in [0, 0.05) is 12.4 Å². The molecular weight excluding hydrogens is 196 g/mol. The number of nitrogens with zero attached hydrogens (tertiary/aromatic N) is 1. The van der Waals surface area contributed by atoms with Crippen molar-refractivity contribution in [3.05, 3.63) is 42.7 Å². The number of hydrogen-bond donors (Lipinski definition) is 2. The molecule has 3 nitrogen and oxygen atoms in total. The molecule has 0 spiro atoms. The molecule has 0 fully saturated rings. The van der Waals surface area contributed by atoms with Crippen molar-refractivity contribution in [1.29, 1.82) is 0 Å². The molecule has 1 heterocycles. The molecular formula is C10H10N2OS. The molecule has 0 saturated carbocycles. The van der Waals surface area contributed by atoms with Crippen LogP contribution >= 0.6 is 12.6 Å². The zero-order valence-electron chi connectivity index (χ0n) is 7.42. The third kappa shape index (κ3) is 3.45. The first-order chi connectivity index (χ1) is 6.70. The van der Waals surface area contributed by atoms with Gasteiger partial charge in [0.15, 0.2) is 0 Å². The van der Waals surface area contributed by atoms with E-state index >= 15 is 0 Å². The van der Waals surface area contributed by atoms with E-state index in [0.717, 1.165) is 0 Å². The number of amides is 1. The predicted octanol–water partition coefficient (Wildman–Crippen LogP) is 2.23. The maximum absolute atomic E-state index is 9.09. The number of carbonyl (C=O) groups excluding carboxylic acids is 1. The molecule has 0 atom stereocenters. The second kappa shape index (κ2) is 5.24. The lowest BCUT2D eigenvalue weighted by molar-refractivity contribution is 0.267. The van der Waals surface area contributed by atoms with Crippen molar-refractivity contribution >= 4 is 28.6 Å². The summed E-state index contributed by atoms with van der Waals surface area (Å²) >= 11 is 3.10. The molecule has 4 heteroatoms. The maximum Gasteiger partial charge on any atom is 0.273 e. The molecule has 0 aliphatic heterocycles. The second-order valence-corrected chi connectivity index (χ2v) is 3.00. The summed E-state index contributed by atoms with van der Waals surface area (Å²) in [5.74, 6) is 0. The Bertz CT molecular complexity index is 362. The molecule has 0 saturated heterocycles. The summed E-state index contributed by atoms with van der Waals surface area (Å²) < 4.78 is 0. The average molecular weight is 206 g/mol. The lowest BCUT2D eigenvalue weighted by atomic mass is 10.2. The number of benzene rings is 1. The van der Waals surface area contributed by atoms with Crippen LogP contribution in [0.5, 0.6) is 0 Å². The van der Waals surface area contributed by atoms with Crippen molar-refractivity contribution in [3.63, 3.8) is 0 Å². The molecule has 0 aliphatic carbocycles. The molecule has 2 N–H and O–H groups in total. The average Bonchev–Trinajstić information content (AvgIpc) is 2.17. The fourth-order valence-corrected chi connectivity index (χ4v) is 1.03. The highest BCUT2D eigenvalue weighted by Gasteiger charge is 1.86. The summed E-state index contributed by atoms with van der Waals surface area (Å²) in [6, 6.07) is 10.2. The Morgan fingerprint density at radius 3 is 2.36 bits per heavy atom. The molecule has 14 heavy (non-hydrogen) atoms. The van der Waals surface area contributed by atoms with Crippen LogP contribution in [0.15, 0.2) is 42.7 Å². The van der Waals surface area contributed by atoms with E-state index in [-0.39, 0.29) is 0 Å². The number of pyridine rings is 1. The van der Waals surface area contributed by atoms with Crippen LogP contribution in [-0.4, -0.2) is 10.2 Å². The van der Waals surface area contributed by atoms with Gasteiger partial charge < -0.3 is 5.73 Å². The minimum absolute atomic E-state index is 0.639. The lowest BCUT2D eigenvalue weighted by Gasteiger charge is -1.91. The molecule has 0 bridgehead atoms. The third-order valence-corrected chi connectivity index (χ3v) is 1.55. The van der Waals surface area contributed by atoms with Crippen LogP contribution < -0.4 is 5.73 Å². The highest BCUT2D eigenvalue weighted by molar-refractivity contribution is 7.96. The van der Waals surface area contributed by atoms with Crippen LogP contribution in [0.4, 0.5) is 4.79 Å². The summed E-state index contributed by atoms with van der Waals surface area (Å²) in [6.07, 6.45) is 3.68. The van der Waals surface area contributed by atoms with E-state index in [1.165, 1.54) is 10.8 Å². The number of carbonyl (C=O) groups is 1. The van der Waals surface area contributed by atoms with E-state index in [0.29, 0.717) is 0 Å². The summed E-state index contributed by atoms with van der Waals surface area (Å²) in [4.78, 5) is 13.1. The van der Waals surface area contributed by atoms with Crippen molar-refractivity contribution in [2.45, 2.75) is 0 Å². The zero-order valence-corrected chi connectivity index (χ0v) is 8.32. The van der Waals surface area contributed by atoms with Crippen LogP contribution in [0, 0.1) is 0 Å². The van der Waals surface area contributed by atoms with E-state index in [1.54, 1.807) is 0 Å². The fraction of sp³-hybridized carbons (Fsp3) is 0. The summed E-state index contributed by atoms with van der Waals surface area (Å²) in [7, 11) is 0. The van der Waals surface area contributed by atoms with Crippen LogP contribution in [0.2, 0.25) is 0 Å². The van der Waals surface area contributed by atoms with Crippen molar-refractivity contribution in [1.82, 2.24) is 4.98 Å². The highest BCUT2D eigenvalue weighted by Crippen LogP contribution is 2.09. The summed E-state index contributed by atoms with van der Waals surface area (Å²) in [5.41, 5.74) is 4.34. The van der Waals surface area contributed by atoms with E-state index in [4.69, 9.17) is 4.79 Å². The monoisotopic (exact) mass is 206 g/mol. The Hall–Kier alpha value is -1.55. The standard InChI is InChI=1S/C9H7N.CH3NOS/c1-2-4-9-7-10-6-5-8(9)3-1;2-1(3)4/h1-7H;(H3,2,3,4). The van der Waals surface area contributed by atoms with Gasteiger partial charge in [0.05, 0.1) is 0 Å². The van der Waals surface area contributed by atoms with Crippen LogP contribution in [0.1, 0.15) is 0 Å². The molecule has 0 unspecified atom stereocenters. The van der Waals surface area contributed by atoms with Gasteiger partial charge in [0.1, 0.15) is 0 Å². The van der Waals surface area contributed by atoms with E-state index in [2.05, 4.69) is 35.5 Å². The maximum atomic E-state index is 9.09. The summed E-state index contributed by atoms with van der Waals surface area (Å²) in [5, 5.41) is 1.81. The highest BCUT2D eigenvalue weighted by atomic mass is 32.1. The molecule has 1 aromatic heterocycles. The van der Waals surface area contributed by atoms with Crippen molar-refractivity contribution in [3.8, 4) is 0 Å². The minimum Gasteiger partial charge on any atom is -0.361 e. The first-order valence-electron chi connectivity index (χ1n) is 3.97. The van der Waals surface area contributed by atoms with Gasteiger partial charge in [-0.15, -0.1) is 0 Å². The number of rotatable bonds is 0. The molecule has 2 aromatic rings. The number of nitrogens with two attached hydrogens (primary N) is 1. The van der Waals surface area contributed by atoms with Crippen molar-refractivity contribution < 1.29 is 4.79 Å². The van der Waals surface area contributed by atoms with Gasteiger partial charge in [0.2, 0.25) is 0 Å². The number of fused-ring (bicyclic) bond motifs is 1. The van der Waals surface area contributed by atoms with E-state index in [1.807, 2.05) is 30.6 Å². The molecule has 1 aromatic carbocycles. The van der Waals surface area contributed by atoms with Crippen LogP contribution in [0.25, 0.3) is 10.8 Å². The minimum atomic E-state index is -0.639. The van der Waals surface area contributed by atoms with Crippen molar-refractivity contribution in [2.24, 2.45) is 5.73 Å². The van der Waals surface area contributed by atoms with Gasteiger partial charge in [-0.25, -0.2) is 0 Å². The van der Waals surface area contributed by atoms with Gasteiger partial charge >= 0.3 is 0 Å². The Morgan fingerprint density at radius 1 is 1.21 bits per heavy atom. The first-order valence-corrected chi connectivity index (χ1v) is 4.42. The Labute approximate surface area is 87.4 Å². The third-order valence-electron chi connectivity index (χ3n) is 1.55. The number of aromatic nitrogens is 1. The van der Waals surface area contributed by atoms with E-state index in [9.17, 15) is 0 Å². The second-order valence-electron chi connectivity index (χ2n) is 2.56. The smallest absolute Gasteiger partial charge is 0.273 e. The molecule has 2 rings (SSSR count). The fourth-order valence-electron chi connectivity index (χ4n) is 1.03. The molecule has 0 radical (unpaired) electrons. The molecule has 1 amide bonds. The van der Waals surface area contributed by atoms with Crippen LogP contribution in [-0.2, 0) is 0 Å². The first kappa shape index (κ1) is 10.5. The SMILES string of the molecule is NC(=O)S.c1ccc2cnccc2c1. The predicted molar refractivity (Wildman–Crippen MR) is 60.3 cm³/mol. The number of thiol groups is 1. The van der Waals surface area contributed by atoms with Gasteiger partial charge in [-0.1, -0.05) is 36.9 Å². The van der Waals surface area contributed by atoms with Crippen molar-refractivity contribution in [2.75, 3.05) is 0 Å². The zero-order chi connectivity index (χ0) is 10.4. The molecule has 0 aliphatic rings. The Kier molecular flexibility index (Phi) is 3.94. The molecule has 72 valence electrons. The van der Waals surface area contributed by atoms with Crippen LogP contribution in [0.3, 0.4) is 0 Å². The van der Waals surface area contributed by atoms with Gasteiger partial charge in [-0.05, 0) is 16.8 Å². The van der Waals surface area contributed by atoms with Gasteiger partial charge in [0.25, 0.3) is 5.24 Å². The van der Waals surface area contributed by atoms with Gasteiger partial charge in [-0.3, -0.25) is 9.78 Å². The largest absolute Gasteiger partial charge is 0.361 e. The number of hydrogen-bond acceptors (Lipinski definition) is 2. The summed E-state index contributed by atoms with van der Waals surface area (Å²) in [6.45, 7) is 0. The quantitative estimate of drug-likeness (QED) is 0.649. The van der Waals surface area contributed by atoms with Gasteiger partial charge in [-0.2, -0.15) is 0 Å². The topological polar surface area (TPSA) is 56.0 Å². The Balaban J connectivity index is 0.000000213. The Morgan fingerprint density at radius 2 is 1.79 bits per heavy atom. The van der Waals surface area contributed by atoms with E-state index < -0.39 is 5.24 Å². The number of primary amides is 1. The normalized spacial score (nSPS) is 8.93. The lowest BCUT2D eigenvalue weighted by Crippen LogP contribution is -1.95.